The van der Waals surface area contributed by atoms with Crippen LogP contribution in [0.15, 0.2) is 36.5 Å². The summed E-state index contributed by atoms with van der Waals surface area (Å²) in [4.78, 5) is 24.1. The van der Waals surface area contributed by atoms with Crippen LogP contribution in [0.2, 0.25) is 0 Å². The van der Waals surface area contributed by atoms with Crippen LogP contribution in [-0.4, -0.2) is 61.7 Å². The minimum Gasteiger partial charge on any atom is -0.369 e. The van der Waals surface area contributed by atoms with Crippen molar-refractivity contribution < 1.29 is 4.79 Å². The lowest BCUT2D eigenvalue weighted by Crippen LogP contribution is -2.46. The number of aryl methyl sites for hydroxylation is 1. The average molecular weight is 409 g/mol. The first-order valence-electron chi connectivity index (χ1n) is 11.0. The summed E-state index contributed by atoms with van der Waals surface area (Å²) in [5, 5.41) is 5.84. The van der Waals surface area contributed by atoms with E-state index in [1.807, 2.05) is 25.1 Å². The van der Waals surface area contributed by atoms with Gasteiger partial charge in [0.1, 0.15) is 5.82 Å². The molecule has 4 rings (SSSR count). The van der Waals surface area contributed by atoms with Crippen LogP contribution < -0.4 is 20.4 Å². The van der Waals surface area contributed by atoms with Gasteiger partial charge in [-0.3, -0.25) is 0 Å². The number of urea groups is 1. The van der Waals surface area contributed by atoms with E-state index in [2.05, 4.69) is 49.4 Å². The molecule has 2 N–H and O–H groups in total. The van der Waals surface area contributed by atoms with Gasteiger partial charge in [-0.2, -0.15) is 0 Å². The van der Waals surface area contributed by atoms with E-state index in [0.717, 1.165) is 62.9 Å². The van der Waals surface area contributed by atoms with Crippen LogP contribution in [0.1, 0.15) is 25.3 Å². The second-order valence-corrected chi connectivity index (χ2v) is 8.10. The highest BCUT2D eigenvalue weighted by Gasteiger charge is 2.17. The molecule has 160 valence electrons. The number of aromatic nitrogens is 1. The molecule has 7 heteroatoms. The van der Waals surface area contributed by atoms with Crippen molar-refractivity contribution >= 4 is 28.9 Å². The van der Waals surface area contributed by atoms with E-state index in [4.69, 9.17) is 0 Å². The van der Waals surface area contributed by atoms with Gasteiger partial charge in [0.2, 0.25) is 0 Å². The van der Waals surface area contributed by atoms with Crippen LogP contribution in [0.4, 0.5) is 27.7 Å². The van der Waals surface area contributed by atoms with E-state index in [9.17, 15) is 4.79 Å². The minimum absolute atomic E-state index is 0.252. The Kier molecular flexibility index (Phi) is 6.38. The number of likely N-dealkylation sites (N-methyl/N-ethyl adjacent to an activating group) is 1. The smallest absolute Gasteiger partial charge is 0.323 e. The predicted molar refractivity (Wildman–Crippen MR) is 124 cm³/mol. The van der Waals surface area contributed by atoms with Gasteiger partial charge in [0.25, 0.3) is 0 Å². The summed E-state index contributed by atoms with van der Waals surface area (Å²) >= 11 is 0. The van der Waals surface area contributed by atoms with Gasteiger partial charge in [-0.25, -0.2) is 9.78 Å². The van der Waals surface area contributed by atoms with Gasteiger partial charge in [0.15, 0.2) is 0 Å². The highest BCUT2D eigenvalue weighted by molar-refractivity contribution is 6.00. The van der Waals surface area contributed by atoms with Crippen molar-refractivity contribution in [2.24, 2.45) is 0 Å². The minimum atomic E-state index is -0.252. The maximum Gasteiger partial charge on any atom is 0.323 e. The Hall–Kier alpha value is -2.80. The molecule has 2 amide bonds. The molecule has 0 radical (unpaired) electrons. The number of amides is 2. The molecule has 0 saturated carbocycles. The Morgan fingerprint density at radius 2 is 1.73 bits per heavy atom. The third kappa shape index (κ3) is 4.84. The summed E-state index contributed by atoms with van der Waals surface area (Å²) in [5.41, 5.74) is 3.79. The van der Waals surface area contributed by atoms with E-state index in [-0.39, 0.29) is 6.03 Å². The standard InChI is InChI=1S/C23H32N6O/c1-3-27-12-14-28(15-13-27)20-7-8-21(18(2)16-20)26-23(30)25-19-6-9-22(24-17-19)29-10-4-5-11-29/h6-9,16-17H,3-5,10-15H2,1-2H3,(H2,25,26,30). The van der Waals surface area contributed by atoms with Crippen LogP contribution in [0, 0.1) is 6.92 Å². The molecule has 2 aliphatic rings. The molecule has 3 heterocycles. The highest BCUT2D eigenvalue weighted by atomic mass is 16.2. The molecular formula is C23H32N6O. The summed E-state index contributed by atoms with van der Waals surface area (Å²) in [6.07, 6.45) is 4.16. The van der Waals surface area contributed by atoms with Crippen LogP contribution >= 0.6 is 0 Å². The fourth-order valence-electron chi connectivity index (χ4n) is 4.19. The second kappa shape index (κ2) is 9.34. The van der Waals surface area contributed by atoms with E-state index >= 15 is 0 Å². The lowest BCUT2D eigenvalue weighted by atomic mass is 10.1. The Bertz CT molecular complexity index is 854. The first-order chi connectivity index (χ1) is 14.6. The van der Waals surface area contributed by atoms with Crippen LogP contribution in [0.25, 0.3) is 0 Å². The number of piperazine rings is 1. The molecule has 2 fully saturated rings. The van der Waals surface area contributed by atoms with Gasteiger partial charge in [-0.15, -0.1) is 0 Å². The first kappa shape index (κ1) is 20.5. The van der Waals surface area contributed by atoms with E-state index in [1.54, 1.807) is 6.20 Å². The van der Waals surface area contributed by atoms with Gasteiger partial charge in [0.05, 0.1) is 11.9 Å². The number of pyridine rings is 1. The summed E-state index contributed by atoms with van der Waals surface area (Å²) in [7, 11) is 0. The summed E-state index contributed by atoms with van der Waals surface area (Å²) in [6.45, 7) is 11.8. The predicted octanol–water partition coefficient (Wildman–Crippen LogP) is 3.78. The molecule has 2 aromatic rings. The largest absolute Gasteiger partial charge is 0.369 e. The number of carbonyl (C=O) groups is 1. The van der Waals surface area contributed by atoms with Crippen molar-refractivity contribution in [3.63, 3.8) is 0 Å². The molecule has 0 bridgehead atoms. The molecular weight excluding hydrogens is 376 g/mol. The number of rotatable bonds is 5. The molecule has 1 aromatic carbocycles. The molecule has 0 aliphatic carbocycles. The van der Waals surface area contributed by atoms with E-state index in [1.165, 1.54) is 18.5 Å². The first-order valence-corrected chi connectivity index (χ1v) is 11.0. The van der Waals surface area contributed by atoms with Crippen LogP contribution in [-0.2, 0) is 0 Å². The number of benzene rings is 1. The van der Waals surface area contributed by atoms with Gasteiger partial charge >= 0.3 is 6.03 Å². The number of hydrogen-bond acceptors (Lipinski definition) is 5. The molecule has 7 nitrogen and oxygen atoms in total. The quantitative estimate of drug-likeness (QED) is 0.788. The maximum absolute atomic E-state index is 12.5. The van der Waals surface area contributed by atoms with E-state index in [0.29, 0.717) is 5.69 Å². The van der Waals surface area contributed by atoms with Crippen molar-refractivity contribution in [1.82, 2.24) is 9.88 Å². The molecule has 30 heavy (non-hydrogen) atoms. The zero-order valence-electron chi connectivity index (χ0n) is 18.0. The monoisotopic (exact) mass is 408 g/mol. The van der Waals surface area contributed by atoms with Gasteiger partial charge in [-0.05, 0) is 62.2 Å². The Morgan fingerprint density at radius 3 is 2.37 bits per heavy atom. The molecule has 0 spiro atoms. The lowest BCUT2D eigenvalue weighted by molar-refractivity contribution is 0.262. The Balaban J connectivity index is 1.33. The van der Waals surface area contributed by atoms with Crippen LogP contribution in [0.3, 0.4) is 0 Å². The summed E-state index contributed by atoms with van der Waals surface area (Å²) < 4.78 is 0. The fourth-order valence-corrected chi connectivity index (χ4v) is 4.19. The van der Waals surface area contributed by atoms with Crippen LogP contribution in [0.5, 0.6) is 0 Å². The maximum atomic E-state index is 12.5. The van der Waals surface area contributed by atoms with E-state index < -0.39 is 0 Å². The van der Waals surface area contributed by atoms with Gasteiger partial charge in [-0.1, -0.05) is 6.92 Å². The SMILES string of the molecule is CCN1CCN(c2ccc(NC(=O)Nc3ccc(N4CCCC4)nc3)c(C)c2)CC1. The number of hydrogen-bond donors (Lipinski definition) is 2. The highest BCUT2D eigenvalue weighted by Crippen LogP contribution is 2.24. The van der Waals surface area contributed by atoms with Crippen molar-refractivity contribution in [3.8, 4) is 0 Å². The van der Waals surface area contributed by atoms with Gasteiger partial charge < -0.3 is 25.3 Å². The number of anilines is 4. The molecule has 1 aromatic heterocycles. The molecule has 0 unspecified atom stereocenters. The topological polar surface area (TPSA) is 63.7 Å². The van der Waals surface area contributed by atoms with Gasteiger partial charge in [0, 0.05) is 50.6 Å². The fraction of sp³-hybridized carbons (Fsp3) is 0.478. The number of nitrogens with one attached hydrogen (secondary N) is 2. The Morgan fingerprint density at radius 1 is 0.967 bits per heavy atom. The molecule has 2 aliphatic heterocycles. The normalized spacial score (nSPS) is 17.3. The third-order valence-corrected chi connectivity index (χ3v) is 6.08. The molecule has 0 atom stereocenters. The molecule has 2 saturated heterocycles. The zero-order chi connectivity index (χ0) is 20.9. The summed E-state index contributed by atoms with van der Waals surface area (Å²) in [6, 6.07) is 9.87. The third-order valence-electron chi connectivity index (χ3n) is 6.08. The van der Waals surface area contributed by atoms with Crippen molar-refractivity contribution in [1.29, 1.82) is 0 Å². The lowest BCUT2D eigenvalue weighted by Gasteiger charge is -2.35. The van der Waals surface area contributed by atoms with Crippen molar-refractivity contribution in [2.45, 2.75) is 26.7 Å². The Labute approximate surface area is 179 Å². The number of carbonyl (C=O) groups excluding carboxylic acids is 1. The van der Waals surface area contributed by atoms with Crippen molar-refractivity contribution in [2.75, 3.05) is 66.2 Å². The van der Waals surface area contributed by atoms with Crippen molar-refractivity contribution in [3.05, 3.63) is 42.1 Å². The zero-order valence-corrected chi connectivity index (χ0v) is 18.0. The average Bonchev–Trinajstić information content (AvgIpc) is 3.31. The summed E-state index contributed by atoms with van der Waals surface area (Å²) in [5.74, 6) is 0.977. The second-order valence-electron chi connectivity index (χ2n) is 8.10. The number of nitrogens with zero attached hydrogens (tertiary/aromatic N) is 4.